The van der Waals surface area contributed by atoms with Gasteiger partial charge in [0.1, 0.15) is 11.6 Å². The van der Waals surface area contributed by atoms with Crippen LogP contribution in [0.15, 0.2) is 30.6 Å². The molecule has 0 radical (unpaired) electrons. The van der Waals surface area contributed by atoms with Crippen LogP contribution in [0, 0.1) is 5.82 Å². The summed E-state index contributed by atoms with van der Waals surface area (Å²) >= 11 is 0. The molecule has 0 saturated heterocycles. The topological polar surface area (TPSA) is 37.8 Å². The maximum absolute atomic E-state index is 13.1. The van der Waals surface area contributed by atoms with Gasteiger partial charge in [0.2, 0.25) is 0 Å². The van der Waals surface area contributed by atoms with Crippen molar-refractivity contribution in [1.82, 2.24) is 9.97 Å². The highest BCUT2D eigenvalue weighted by Crippen LogP contribution is 2.35. The minimum atomic E-state index is -4.62. The molecule has 0 unspecified atom stereocenters. The van der Waals surface area contributed by atoms with Crippen molar-refractivity contribution in [3.63, 3.8) is 0 Å². The zero-order valence-corrected chi connectivity index (χ0v) is 12.9. The molecule has 1 aromatic heterocycles. The molecule has 0 fully saturated rings. The summed E-state index contributed by atoms with van der Waals surface area (Å²) in [4.78, 5) is 8.31. The van der Waals surface area contributed by atoms with Crippen LogP contribution >= 0.6 is 0 Å². The van der Waals surface area contributed by atoms with Crippen LogP contribution < -0.4 is 5.32 Å². The van der Waals surface area contributed by atoms with E-state index in [9.17, 15) is 17.6 Å². The summed E-state index contributed by atoms with van der Waals surface area (Å²) in [6.07, 6.45) is -1.57. The second-order valence-corrected chi connectivity index (χ2v) is 5.58. The smallest absolute Gasteiger partial charge is 0.376 e. The zero-order chi connectivity index (χ0) is 17.2. The Morgan fingerprint density at radius 1 is 1.04 bits per heavy atom. The number of alkyl halides is 3. The highest BCUT2D eigenvalue weighted by Gasteiger charge is 2.35. The van der Waals surface area contributed by atoms with Gasteiger partial charge < -0.3 is 5.32 Å². The molecule has 0 aliphatic rings. The Labute approximate surface area is 131 Å². The van der Waals surface area contributed by atoms with E-state index in [1.807, 2.05) is 13.8 Å². The van der Waals surface area contributed by atoms with Crippen LogP contribution in [0.5, 0.6) is 0 Å². The van der Waals surface area contributed by atoms with Crippen molar-refractivity contribution in [2.75, 3.05) is 5.32 Å². The van der Waals surface area contributed by atoms with E-state index in [2.05, 4.69) is 15.3 Å². The minimum absolute atomic E-state index is 0.0353. The second kappa shape index (κ2) is 6.52. The molecule has 2 rings (SSSR count). The van der Waals surface area contributed by atoms with Crippen molar-refractivity contribution in [2.24, 2.45) is 0 Å². The molecule has 7 heteroatoms. The SMILES string of the molecule is CC(C)c1ncc(N[C@@H](C)c2ccc(F)cc2C(F)(F)F)cn1. The molecule has 0 amide bonds. The third kappa shape index (κ3) is 4.18. The molecule has 1 N–H and O–H groups in total. The van der Waals surface area contributed by atoms with Crippen molar-refractivity contribution >= 4 is 5.69 Å². The van der Waals surface area contributed by atoms with E-state index in [4.69, 9.17) is 0 Å². The van der Waals surface area contributed by atoms with E-state index < -0.39 is 23.6 Å². The summed E-state index contributed by atoms with van der Waals surface area (Å²) in [5.41, 5.74) is -0.525. The fourth-order valence-corrected chi connectivity index (χ4v) is 2.19. The van der Waals surface area contributed by atoms with Crippen LogP contribution in [-0.2, 0) is 6.18 Å². The Balaban J connectivity index is 2.25. The quantitative estimate of drug-likeness (QED) is 0.809. The van der Waals surface area contributed by atoms with Crippen molar-refractivity contribution in [3.8, 4) is 0 Å². The summed E-state index contributed by atoms with van der Waals surface area (Å²) in [7, 11) is 0. The van der Waals surface area contributed by atoms with Gasteiger partial charge in [0, 0.05) is 12.0 Å². The number of hydrogen-bond donors (Lipinski definition) is 1. The number of hydrogen-bond acceptors (Lipinski definition) is 3. The molecule has 0 aliphatic carbocycles. The summed E-state index contributed by atoms with van der Waals surface area (Å²) in [5, 5.41) is 2.91. The molecule has 23 heavy (non-hydrogen) atoms. The largest absolute Gasteiger partial charge is 0.416 e. The average molecular weight is 327 g/mol. The zero-order valence-electron chi connectivity index (χ0n) is 12.9. The number of aromatic nitrogens is 2. The van der Waals surface area contributed by atoms with Crippen LogP contribution in [0.4, 0.5) is 23.2 Å². The third-order valence-electron chi connectivity index (χ3n) is 3.36. The molecule has 0 aliphatic heterocycles. The van der Waals surface area contributed by atoms with Gasteiger partial charge in [0.25, 0.3) is 0 Å². The molecule has 0 saturated carbocycles. The van der Waals surface area contributed by atoms with Gasteiger partial charge >= 0.3 is 6.18 Å². The van der Waals surface area contributed by atoms with Crippen molar-refractivity contribution in [1.29, 1.82) is 0 Å². The van der Waals surface area contributed by atoms with Gasteiger partial charge in [0.15, 0.2) is 0 Å². The maximum atomic E-state index is 13.1. The van der Waals surface area contributed by atoms with Gasteiger partial charge in [-0.1, -0.05) is 19.9 Å². The number of rotatable bonds is 4. The lowest BCUT2D eigenvalue weighted by molar-refractivity contribution is -0.138. The lowest BCUT2D eigenvalue weighted by Crippen LogP contribution is -2.16. The Kier molecular flexibility index (Phi) is 4.87. The summed E-state index contributed by atoms with van der Waals surface area (Å²) in [6, 6.07) is 1.98. The van der Waals surface area contributed by atoms with Crippen molar-refractivity contribution < 1.29 is 17.6 Å². The minimum Gasteiger partial charge on any atom is -0.376 e. The first-order valence-electron chi connectivity index (χ1n) is 7.13. The number of benzene rings is 1. The highest BCUT2D eigenvalue weighted by molar-refractivity contribution is 5.43. The Morgan fingerprint density at radius 2 is 1.65 bits per heavy atom. The molecular formula is C16H17F4N3. The van der Waals surface area contributed by atoms with Crippen molar-refractivity contribution in [2.45, 2.75) is 38.9 Å². The molecular weight excluding hydrogens is 310 g/mol. The number of nitrogens with zero attached hydrogens (tertiary/aromatic N) is 2. The molecule has 3 nitrogen and oxygen atoms in total. The molecule has 124 valence electrons. The lowest BCUT2D eigenvalue weighted by Gasteiger charge is -2.20. The molecule has 0 bridgehead atoms. The molecule has 1 aromatic carbocycles. The number of anilines is 1. The predicted octanol–water partition coefficient (Wildman–Crippen LogP) is 4.93. The van der Waals surface area contributed by atoms with Crippen LogP contribution in [0.25, 0.3) is 0 Å². The van der Waals surface area contributed by atoms with Crippen LogP contribution in [0.3, 0.4) is 0 Å². The normalized spacial score (nSPS) is 13.2. The summed E-state index contributed by atoms with van der Waals surface area (Å²) in [6.45, 7) is 5.46. The van der Waals surface area contributed by atoms with Gasteiger partial charge in [0.05, 0.1) is 23.6 Å². The number of nitrogens with one attached hydrogen (secondary N) is 1. The fraction of sp³-hybridized carbons (Fsp3) is 0.375. The first-order chi connectivity index (χ1) is 10.7. The van der Waals surface area contributed by atoms with E-state index in [0.717, 1.165) is 12.1 Å². The van der Waals surface area contributed by atoms with Crippen LogP contribution in [0.2, 0.25) is 0 Å². The fourth-order valence-electron chi connectivity index (χ4n) is 2.19. The summed E-state index contributed by atoms with van der Waals surface area (Å²) in [5.74, 6) is -0.103. The van der Waals surface area contributed by atoms with Crippen LogP contribution in [-0.4, -0.2) is 9.97 Å². The lowest BCUT2D eigenvalue weighted by atomic mass is 10.0. The Hall–Kier alpha value is -2.18. The van der Waals surface area contributed by atoms with E-state index in [1.165, 1.54) is 12.4 Å². The standard InChI is InChI=1S/C16H17F4N3/c1-9(2)15-21-7-12(8-22-15)23-10(3)13-5-4-11(17)6-14(13)16(18,19)20/h4-10,23H,1-3H3/t10-/m0/s1. The van der Waals surface area contributed by atoms with Gasteiger partial charge in [-0.05, 0) is 24.6 Å². The molecule has 2 aromatic rings. The summed E-state index contributed by atoms with van der Waals surface area (Å²) < 4.78 is 52.3. The predicted molar refractivity (Wildman–Crippen MR) is 79.6 cm³/mol. The maximum Gasteiger partial charge on any atom is 0.416 e. The van der Waals surface area contributed by atoms with Gasteiger partial charge in [-0.25, -0.2) is 14.4 Å². The monoisotopic (exact) mass is 327 g/mol. The second-order valence-electron chi connectivity index (χ2n) is 5.58. The van der Waals surface area contributed by atoms with E-state index in [-0.39, 0.29) is 11.5 Å². The van der Waals surface area contributed by atoms with Gasteiger partial charge in [-0.15, -0.1) is 0 Å². The first-order valence-corrected chi connectivity index (χ1v) is 7.13. The van der Waals surface area contributed by atoms with E-state index in [0.29, 0.717) is 17.6 Å². The van der Waals surface area contributed by atoms with Crippen LogP contribution in [0.1, 0.15) is 49.7 Å². The first kappa shape index (κ1) is 17.2. The van der Waals surface area contributed by atoms with Gasteiger partial charge in [-0.3, -0.25) is 0 Å². The molecule has 1 atom stereocenters. The molecule has 0 spiro atoms. The number of halogens is 4. The average Bonchev–Trinajstić information content (AvgIpc) is 2.46. The molecule has 1 heterocycles. The van der Waals surface area contributed by atoms with Gasteiger partial charge in [-0.2, -0.15) is 13.2 Å². The van der Waals surface area contributed by atoms with E-state index >= 15 is 0 Å². The highest BCUT2D eigenvalue weighted by atomic mass is 19.4. The Bertz CT molecular complexity index is 666. The Morgan fingerprint density at radius 3 is 2.17 bits per heavy atom. The van der Waals surface area contributed by atoms with Crippen molar-refractivity contribution in [3.05, 3.63) is 53.4 Å². The third-order valence-corrected chi connectivity index (χ3v) is 3.36. The van der Waals surface area contributed by atoms with E-state index in [1.54, 1.807) is 6.92 Å².